The van der Waals surface area contributed by atoms with Crippen molar-refractivity contribution in [3.63, 3.8) is 0 Å². The fraction of sp³-hybridized carbons (Fsp3) is 0.480. The van der Waals surface area contributed by atoms with Gasteiger partial charge in [-0.05, 0) is 36.6 Å². The number of fused-ring (bicyclic) bond motifs is 1. The molecule has 0 spiro atoms. The summed E-state index contributed by atoms with van der Waals surface area (Å²) in [4.78, 5) is 14.4. The van der Waals surface area contributed by atoms with Gasteiger partial charge in [0, 0.05) is 31.2 Å². The molecule has 8 heteroatoms. The number of nitrogens with zero attached hydrogens (tertiary/aromatic N) is 1. The lowest BCUT2D eigenvalue weighted by molar-refractivity contribution is -0.158. The molecule has 2 saturated heterocycles. The van der Waals surface area contributed by atoms with E-state index in [9.17, 15) is 18.7 Å². The van der Waals surface area contributed by atoms with Crippen molar-refractivity contribution in [2.45, 2.75) is 56.7 Å². The van der Waals surface area contributed by atoms with Crippen LogP contribution in [0.2, 0.25) is 0 Å². The van der Waals surface area contributed by atoms with Gasteiger partial charge in [0.1, 0.15) is 11.6 Å². The van der Waals surface area contributed by atoms with Crippen molar-refractivity contribution < 1.29 is 28.2 Å². The van der Waals surface area contributed by atoms with Crippen molar-refractivity contribution in [3.8, 4) is 0 Å². The number of halogens is 2. The number of amides is 1. The number of β-amino-alcohol motifs (C(OH)–C–C–N with tert-alkyl or cyclic N) is 1. The van der Waals surface area contributed by atoms with Gasteiger partial charge in [0.05, 0.1) is 37.9 Å². The summed E-state index contributed by atoms with van der Waals surface area (Å²) in [5.41, 5.74) is 1.27. The molecule has 2 N–H and O–H groups in total. The van der Waals surface area contributed by atoms with Crippen LogP contribution in [0.4, 0.5) is 8.78 Å². The first kappa shape index (κ1) is 23.8. The summed E-state index contributed by atoms with van der Waals surface area (Å²) in [7, 11) is 0. The highest BCUT2D eigenvalue weighted by molar-refractivity contribution is 5.76. The number of hydrogen-bond donors (Lipinski definition) is 2. The summed E-state index contributed by atoms with van der Waals surface area (Å²) in [6.45, 7) is 1.30. The van der Waals surface area contributed by atoms with Gasteiger partial charge < -0.3 is 19.9 Å². The van der Waals surface area contributed by atoms with E-state index in [2.05, 4.69) is 5.32 Å². The molecule has 0 aromatic heterocycles. The van der Waals surface area contributed by atoms with Crippen molar-refractivity contribution >= 4 is 5.91 Å². The molecule has 2 fully saturated rings. The largest absolute Gasteiger partial charge is 0.389 e. The van der Waals surface area contributed by atoms with E-state index in [-0.39, 0.29) is 62.4 Å². The minimum Gasteiger partial charge on any atom is -0.389 e. The van der Waals surface area contributed by atoms with Gasteiger partial charge in [-0.2, -0.15) is 0 Å². The van der Waals surface area contributed by atoms with Crippen LogP contribution in [0.15, 0.2) is 48.5 Å². The summed E-state index contributed by atoms with van der Waals surface area (Å²) in [5, 5.41) is 13.2. The predicted molar refractivity (Wildman–Crippen MR) is 118 cm³/mol. The highest BCUT2D eigenvalue weighted by atomic mass is 19.1. The van der Waals surface area contributed by atoms with Gasteiger partial charge in [0.25, 0.3) is 0 Å². The van der Waals surface area contributed by atoms with E-state index < -0.39 is 17.7 Å². The first-order chi connectivity index (χ1) is 16.0. The summed E-state index contributed by atoms with van der Waals surface area (Å²) >= 11 is 0. The Morgan fingerprint density at radius 3 is 2.76 bits per heavy atom. The van der Waals surface area contributed by atoms with Crippen LogP contribution >= 0.6 is 0 Å². The average molecular weight is 461 g/mol. The number of nitrogens with one attached hydrogen (secondary N) is 1. The van der Waals surface area contributed by atoms with Gasteiger partial charge >= 0.3 is 0 Å². The van der Waals surface area contributed by atoms with Gasteiger partial charge in [0.2, 0.25) is 5.91 Å². The molecule has 6 nitrogen and oxygen atoms in total. The number of benzene rings is 2. The maximum absolute atomic E-state index is 14.3. The molecule has 0 aliphatic carbocycles. The van der Waals surface area contributed by atoms with Crippen molar-refractivity contribution in [1.82, 2.24) is 10.2 Å². The van der Waals surface area contributed by atoms with Gasteiger partial charge in [-0.15, -0.1) is 0 Å². The first-order valence-corrected chi connectivity index (χ1v) is 11.4. The lowest BCUT2D eigenvalue weighted by atomic mass is 9.94. The fourth-order valence-electron chi connectivity index (χ4n) is 4.59. The lowest BCUT2D eigenvalue weighted by Gasteiger charge is -2.44. The number of ether oxygens (including phenoxy) is 2. The molecule has 2 aromatic carbocycles. The van der Waals surface area contributed by atoms with Crippen LogP contribution in [0.25, 0.3) is 0 Å². The van der Waals surface area contributed by atoms with Gasteiger partial charge in [0.15, 0.2) is 0 Å². The second kappa shape index (κ2) is 11.2. The molecule has 4 atom stereocenters. The molecule has 0 unspecified atom stereocenters. The topological polar surface area (TPSA) is 71.0 Å². The minimum atomic E-state index is -0.732. The Morgan fingerprint density at radius 1 is 1.12 bits per heavy atom. The van der Waals surface area contributed by atoms with Gasteiger partial charge in [-0.25, -0.2) is 8.78 Å². The Hall–Kier alpha value is -2.39. The predicted octanol–water partition coefficient (Wildman–Crippen LogP) is 2.78. The lowest BCUT2D eigenvalue weighted by Crippen LogP contribution is -2.55. The van der Waals surface area contributed by atoms with E-state index in [1.807, 2.05) is 35.2 Å². The van der Waals surface area contributed by atoms with Crippen molar-refractivity contribution in [2.24, 2.45) is 0 Å². The van der Waals surface area contributed by atoms with E-state index in [0.29, 0.717) is 19.4 Å². The molecule has 1 amide bonds. The van der Waals surface area contributed by atoms with Gasteiger partial charge in [-0.3, -0.25) is 9.69 Å². The monoisotopic (exact) mass is 460 g/mol. The van der Waals surface area contributed by atoms with Crippen molar-refractivity contribution in [1.29, 1.82) is 0 Å². The molecule has 0 radical (unpaired) electrons. The van der Waals surface area contributed by atoms with Crippen LogP contribution in [-0.4, -0.2) is 60.0 Å². The molecule has 2 heterocycles. The Kier molecular flexibility index (Phi) is 8.03. The Morgan fingerprint density at radius 2 is 1.94 bits per heavy atom. The second-order valence-corrected chi connectivity index (χ2v) is 8.76. The summed E-state index contributed by atoms with van der Waals surface area (Å²) in [6, 6.07) is 13.0. The SMILES string of the molecule is O=C(C[C@@H]1CC[C@H]2[C@@H](COC[C@H](O)CN2Cc2cc(F)ccc2F)O1)NCc1ccccc1. The zero-order valence-corrected chi connectivity index (χ0v) is 18.5. The fourth-order valence-corrected chi connectivity index (χ4v) is 4.59. The molecular weight excluding hydrogens is 430 g/mol. The minimum absolute atomic E-state index is 0.0804. The summed E-state index contributed by atoms with van der Waals surface area (Å²) in [5.74, 6) is -1.06. The normalized spacial score (nSPS) is 26.2. The molecule has 2 aliphatic heterocycles. The van der Waals surface area contributed by atoms with Crippen LogP contribution in [0, 0.1) is 11.6 Å². The Balaban J connectivity index is 1.37. The van der Waals surface area contributed by atoms with Crippen LogP contribution in [0.3, 0.4) is 0 Å². The van der Waals surface area contributed by atoms with Crippen molar-refractivity contribution in [2.75, 3.05) is 19.8 Å². The highest BCUT2D eigenvalue weighted by Gasteiger charge is 2.38. The van der Waals surface area contributed by atoms with Crippen molar-refractivity contribution in [3.05, 3.63) is 71.3 Å². The third kappa shape index (κ3) is 6.57. The van der Waals surface area contributed by atoms with Gasteiger partial charge in [-0.1, -0.05) is 30.3 Å². The third-order valence-electron chi connectivity index (χ3n) is 6.21. The first-order valence-electron chi connectivity index (χ1n) is 11.4. The van der Waals surface area contributed by atoms with E-state index in [0.717, 1.165) is 17.7 Å². The molecule has 2 aliphatic rings. The van der Waals surface area contributed by atoms with E-state index in [1.165, 1.54) is 6.07 Å². The van der Waals surface area contributed by atoms with E-state index >= 15 is 0 Å². The molecule has 0 bridgehead atoms. The Labute approximate surface area is 192 Å². The van der Waals surface area contributed by atoms with Crippen LogP contribution in [0.5, 0.6) is 0 Å². The zero-order chi connectivity index (χ0) is 23.2. The number of hydrogen-bond acceptors (Lipinski definition) is 5. The number of aliphatic hydroxyl groups is 1. The standard InChI is InChI=1S/C25H30F2N2O4/c26-19-6-8-22(27)18(10-19)13-29-14-20(30)15-32-16-24-23(29)9-7-21(33-24)11-25(31)28-12-17-4-2-1-3-5-17/h1-6,8,10,20-21,23-24,30H,7,9,11-16H2,(H,28,31)/t20-,21+,23+,24-/m1/s1. The molecular formula is C25H30F2N2O4. The summed E-state index contributed by atoms with van der Waals surface area (Å²) in [6.07, 6.45) is 0.297. The smallest absolute Gasteiger partial charge is 0.222 e. The Bertz CT molecular complexity index is 930. The maximum Gasteiger partial charge on any atom is 0.222 e. The number of carbonyl (C=O) groups excluding carboxylic acids is 1. The number of aliphatic hydroxyl groups excluding tert-OH is 1. The second-order valence-electron chi connectivity index (χ2n) is 8.76. The highest BCUT2D eigenvalue weighted by Crippen LogP contribution is 2.29. The molecule has 33 heavy (non-hydrogen) atoms. The van der Waals surface area contributed by atoms with Crippen LogP contribution < -0.4 is 5.32 Å². The summed E-state index contributed by atoms with van der Waals surface area (Å²) < 4.78 is 39.8. The average Bonchev–Trinajstić information content (AvgIpc) is 2.79. The van der Waals surface area contributed by atoms with E-state index in [4.69, 9.17) is 9.47 Å². The molecule has 2 aromatic rings. The molecule has 178 valence electrons. The zero-order valence-electron chi connectivity index (χ0n) is 18.5. The third-order valence-corrected chi connectivity index (χ3v) is 6.21. The van der Waals surface area contributed by atoms with Crippen LogP contribution in [-0.2, 0) is 27.4 Å². The number of rotatable bonds is 6. The maximum atomic E-state index is 14.3. The molecule has 0 saturated carbocycles. The molecule has 4 rings (SSSR count). The number of carbonyl (C=O) groups is 1. The van der Waals surface area contributed by atoms with E-state index in [1.54, 1.807) is 0 Å². The quantitative estimate of drug-likeness (QED) is 0.694. The van der Waals surface area contributed by atoms with Crippen LogP contribution in [0.1, 0.15) is 30.4 Å².